The van der Waals surface area contributed by atoms with Gasteiger partial charge in [0, 0.05) is 45.9 Å². The highest BCUT2D eigenvalue weighted by Gasteiger charge is 2.25. The highest BCUT2D eigenvalue weighted by atomic mass is 16.5. The second-order valence-corrected chi connectivity index (χ2v) is 6.50. The third-order valence-electron chi connectivity index (χ3n) is 4.78. The molecule has 124 valence electrons. The highest BCUT2D eigenvalue weighted by Crippen LogP contribution is 2.19. The second kappa shape index (κ2) is 8.06. The fourth-order valence-electron chi connectivity index (χ4n) is 3.10. The van der Waals surface area contributed by atoms with Gasteiger partial charge in [-0.1, -0.05) is 18.2 Å². The normalized spacial score (nSPS) is 22.0. The van der Waals surface area contributed by atoms with Crippen LogP contribution in [0, 0.1) is 13.8 Å². The zero-order chi connectivity index (χ0) is 16.1. The Balaban J connectivity index is 1.87. The summed E-state index contributed by atoms with van der Waals surface area (Å²) in [6.07, 6.45) is -0.406. The molecule has 1 aromatic carbocycles. The number of methoxy groups -OCH3 is 1. The van der Waals surface area contributed by atoms with Crippen LogP contribution in [0.1, 0.15) is 29.7 Å². The molecule has 2 atom stereocenters. The van der Waals surface area contributed by atoms with E-state index in [0.29, 0.717) is 12.6 Å². The highest BCUT2D eigenvalue weighted by molar-refractivity contribution is 5.31. The molecule has 0 radical (unpaired) electrons. The van der Waals surface area contributed by atoms with E-state index in [9.17, 15) is 5.11 Å². The van der Waals surface area contributed by atoms with Crippen molar-refractivity contribution in [1.82, 2.24) is 9.80 Å². The van der Waals surface area contributed by atoms with E-state index >= 15 is 0 Å². The average Bonchev–Trinajstić information content (AvgIpc) is 2.49. The fraction of sp³-hybridized carbons (Fsp3) is 0.667. The molecule has 1 N–H and O–H groups in total. The predicted molar refractivity (Wildman–Crippen MR) is 90.2 cm³/mol. The maximum absolute atomic E-state index is 10.5. The number of aliphatic hydroxyl groups excluding tert-OH is 1. The first-order valence-electron chi connectivity index (χ1n) is 8.22. The number of hydrogen-bond acceptors (Lipinski definition) is 4. The summed E-state index contributed by atoms with van der Waals surface area (Å²) in [5, 5.41) is 10.5. The van der Waals surface area contributed by atoms with Crippen LogP contribution < -0.4 is 0 Å². The first kappa shape index (κ1) is 17.4. The Morgan fingerprint density at radius 2 is 2.05 bits per heavy atom. The summed E-state index contributed by atoms with van der Waals surface area (Å²) >= 11 is 0. The molecular formula is C18H30N2O2. The van der Waals surface area contributed by atoms with Crippen molar-refractivity contribution in [2.24, 2.45) is 0 Å². The van der Waals surface area contributed by atoms with E-state index in [2.05, 4.69) is 42.7 Å². The third-order valence-corrected chi connectivity index (χ3v) is 4.78. The van der Waals surface area contributed by atoms with Crippen LogP contribution in [0.15, 0.2) is 18.2 Å². The lowest BCUT2D eigenvalue weighted by Crippen LogP contribution is -2.53. The molecule has 1 saturated heterocycles. The number of ether oxygens (including phenoxy) is 1. The van der Waals surface area contributed by atoms with E-state index in [1.54, 1.807) is 7.11 Å². The van der Waals surface area contributed by atoms with Crippen molar-refractivity contribution in [3.05, 3.63) is 34.9 Å². The zero-order valence-corrected chi connectivity index (χ0v) is 14.4. The van der Waals surface area contributed by atoms with Gasteiger partial charge in [0.1, 0.15) is 0 Å². The number of nitrogens with zero attached hydrogens (tertiary/aromatic N) is 2. The number of aliphatic hydroxyl groups is 1. The minimum atomic E-state index is -0.406. The summed E-state index contributed by atoms with van der Waals surface area (Å²) in [6, 6.07) is 6.76. The number of aryl methyl sites for hydroxylation is 2. The molecule has 0 bridgehead atoms. The van der Waals surface area contributed by atoms with E-state index < -0.39 is 6.10 Å². The standard InChI is InChI=1S/C18H30N2O2/c1-14-5-6-17(11-15(14)2)18(21)13-19-7-8-20(9-10-22-4)16(3)12-19/h5-6,11,16,18,21H,7-10,12-13H2,1-4H3/t16-,18+/m1/s1. The lowest BCUT2D eigenvalue weighted by molar-refractivity contribution is 0.0330. The van der Waals surface area contributed by atoms with Gasteiger partial charge in [-0.15, -0.1) is 0 Å². The van der Waals surface area contributed by atoms with E-state index in [1.165, 1.54) is 11.1 Å². The molecule has 1 fully saturated rings. The van der Waals surface area contributed by atoms with Crippen LogP contribution in [0.5, 0.6) is 0 Å². The Morgan fingerprint density at radius 3 is 2.68 bits per heavy atom. The zero-order valence-electron chi connectivity index (χ0n) is 14.4. The summed E-state index contributed by atoms with van der Waals surface area (Å²) in [5.41, 5.74) is 3.54. The number of piperazine rings is 1. The molecular weight excluding hydrogens is 276 g/mol. The van der Waals surface area contributed by atoms with Gasteiger partial charge in [0.15, 0.2) is 0 Å². The second-order valence-electron chi connectivity index (χ2n) is 6.50. The molecule has 1 aliphatic heterocycles. The molecule has 4 nitrogen and oxygen atoms in total. The van der Waals surface area contributed by atoms with Crippen molar-refractivity contribution in [2.75, 3.05) is 46.4 Å². The molecule has 0 saturated carbocycles. The molecule has 0 aromatic heterocycles. The first-order valence-corrected chi connectivity index (χ1v) is 8.22. The first-order chi connectivity index (χ1) is 10.5. The van der Waals surface area contributed by atoms with Gasteiger partial charge in [0.05, 0.1) is 12.7 Å². The number of benzene rings is 1. The quantitative estimate of drug-likeness (QED) is 0.872. The summed E-state index contributed by atoms with van der Waals surface area (Å²) in [5.74, 6) is 0. The number of β-amino-alcohol motifs (C(OH)–C–C–N with tert-alkyl or cyclic N) is 1. The van der Waals surface area contributed by atoms with Gasteiger partial charge in [-0.2, -0.15) is 0 Å². The van der Waals surface area contributed by atoms with Gasteiger partial charge in [-0.25, -0.2) is 0 Å². The number of rotatable bonds is 6. The van der Waals surface area contributed by atoms with Gasteiger partial charge in [0.25, 0.3) is 0 Å². The fourth-order valence-corrected chi connectivity index (χ4v) is 3.10. The summed E-state index contributed by atoms with van der Waals surface area (Å²) in [6.45, 7) is 12.0. The third kappa shape index (κ3) is 4.53. The van der Waals surface area contributed by atoms with Gasteiger partial charge < -0.3 is 9.84 Å². The van der Waals surface area contributed by atoms with Crippen molar-refractivity contribution in [1.29, 1.82) is 0 Å². The van der Waals surface area contributed by atoms with Gasteiger partial charge in [0.2, 0.25) is 0 Å². The molecule has 0 amide bonds. The lowest BCUT2D eigenvalue weighted by atomic mass is 10.0. The van der Waals surface area contributed by atoms with Gasteiger partial charge in [-0.3, -0.25) is 9.80 Å². The molecule has 1 aromatic rings. The van der Waals surface area contributed by atoms with Crippen molar-refractivity contribution >= 4 is 0 Å². The van der Waals surface area contributed by atoms with Crippen LogP contribution in [-0.2, 0) is 4.74 Å². The summed E-state index contributed by atoms with van der Waals surface area (Å²) in [7, 11) is 1.75. The molecule has 22 heavy (non-hydrogen) atoms. The van der Waals surface area contributed by atoms with Crippen LogP contribution in [0.25, 0.3) is 0 Å². The Hall–Kier alpha value is -0.940. The van der Waals surface area contributed by atoms with Crippen LogP contribution in [0.4, 0.5) is 0 Å². The van der Waals surface area contributed by atoms with Crippen LogP contribution >= 0.6 is 0 Å². The van der Waals surface area contributed by atoms with Gasteiger partial charge >= 0.3 is 0 Å². The van der Waals surface area contributed by atoms with Crippen LogP contribution in [0.2, 0.25) is 0 Å². The lowest BCUT2D eigenvalue weighted by Gasteiger charge is -2.40. The molecule has 0 aliphatic carbocycles. The largest absolute Gasteiger partial charge is 0.387 e. The SMILES string of the molecule is COCCN1CCN(C[C@H](O)c2ccc(C)c(C)c2)C[C@H]1C. The van der Waals surface area contributed by atoms with Crippen molar-refractivity contribution in [3.8, 4) is 0 Å². The monoisotopic (exact) mass is 306 g/mol. The average molecular weight is 306 g/mol. The minimum Gasteiger partial charge on any atom is -0.387 e. The minimum absolute atomic E-state index is 0.406. The molecule has 0 unspecified atom stereocenters. The summed E-state index contributed by atoms with van der Waals surface area (Å²) < 4.78 is 5.17. The van der Waals surface area contributed by atoms with E-state index in [0.717, 1.165) is 38.3 Å². The molecule has 0 spiro atoms. The molecule has 4 heteroatoms. The Morgan fingerprint density at radius 1 is 1.27 bits per heavy atom. The summed E-state index contributed by atoms with van der Waals surface area (Å²) in [4.78, 5) is 4.83. The topological polar surface area (TPSA) is 35.9 Å². The molecule has 2 rings (SSSR count). The van der Waals surface area contributed by atoms with Crippen molar-refractivity contribution in [3.63, 3.8) is 0 Å². The number of hydrogen-bond donors (Lipinski definition) is 1. The van der Waals surface area contributed by atoms with Crippen LogP contribution in [-0.4, -0.2) is 67.4 Å². The van der Waals surface area contributed by atoms with Gasteiger partial charge in [-0.05, 0) is 37.5 Å². The molecule has 1 heterocycles. The maximum atomic E-state index is 10.5. The van der Waals surface area contributed by atoms with Crippen molar-refractivity contribution < 1.29 is 9.84 Å². The van der Waals surface area contributed by atoms with E-state index in [1.807, 2.05) is 6.07 Å². The Bertz CT molecular complexity index is 478. The smallest absolute Gasteiger partial charge is 0.0917 e. The Kier molecular flexibility index (Phi) is 6.38. The predicted octanol–water partition coefficient (Wildman–Crippen LogP) is 1.99. The Labute approximate surface area is 134 Å². The van der Waals surface area contributed by atoms with E-state index in [4.69, 9.17) is 4.74 Å². The maximum Gasteiger partial charge on any atom is 0.0917 e. The van der Waals surface area contributed by atoms with E-state index in [-0.39, 0.29) is 0 Å². The van der Waals surface area contributed by atoms with Crippen LogP contribution in [0.3, 0.4) is 0 Å². The van der Waals surface area contributed by atoms with Crippen molar-refractivity contribution in [2.45, 2.75) is 32.9 Å². The molecule has 1 aliphatic rings.